The maximum Gasteiger partial charge on any atom is 0.182 e. The zero-order valence-corrected chi connectivity index (χ0v) is 10.9. The Morgan fingerprint density at radius 1 is 1.28 bits per heavy atom. The third-order valence-corrected chi connectivity index (χ3v) is 3.89. The van der Waals surface area contributed by atoms with E-state index in [1.165, 1.54) is 5.56 Å². The van der Waals surface area contributed by atoms with Gasteiger partial charge in [0, 0.05) is 17.6 Å². The minimum atomic E-state index is 0.391. The van der Waals surface area contributed by atoms with Crippen molar-refractivity contribution < 1.29 is 4.74 Å². The van der Waals surface area contributed by atoms with Crippen LogP contribution >= 0.6 is 11.3 Å². The first-order chi connectivity index (χ1) is 8.90. The smallest absolute Gasteiger partial charge is 0.182 e. The van der Waals surface area contributed by atoms with E-state index in [0.717, 1.165) is 24.6 Å². The Morgan fingerprint density at radius 2 is 2.11 bits per heavy atom. The number of aromatic nitrogens is 1. The zero-order valence-electron chi connectivity index (χ0n) is 10.1. The van der Waals surface area contributed by atoms with Crippen LogP contribution < -0.4 is 5.32 Å². The summed E-state index contributed by atoms with van der Waals surface area (Å²) in [5.41, 5.74) is 1.24. The predicted molar refractivity (Wildman–Crippen MR) is 73.8 cm³/mol. The maximum atomic E-state index is 5.86. The Hall–Kier alpha value is -1.39. The summed E-state index contributed by atoms with van der Waals surface area (Å²) in [7, 11) is 0. The highest BCUT2D eigenvalue weighted by molar-refractivity contribution is 7.13. The second-order valence-electron chi connectivity index (χ2n) is 4.57. The summed E-state index contributed by atoms with van der Waals surface area (Å²) < 4.78 is 5.86. The molecule has 2 aromatic rings. The van der Waals surface area contributed by atoms with Gasteiger partial charge < -0.3 is 10.1 Å². The van der Waals surface area contributed by atoms with E-state index >= 15 is 0 Å². The van der Waals surface area contributed by atoms with E-state index < -0.39 is 0 Å². The van der Waals surface area contributed by atoms with Crippen LogP contribution in [0.3, 0.4) is 0 Å². The van der Waals surface area contributed by atoms with Crippen LogP contribution in [-0.4, -0.2) is 17.1 Å². The molecule has 94 valence electrons. The lowest BCUT2D eigenvalue weighted by atomic mass is 9.89. The van der Waals surface area contributed by atoms with E-state index in [1.807, 2.05) is 29.8 Å². The number of thiazole rings is 1. The third kappa shape index (κ3) is 2.89. The summed E-state index contributed by atoms with van der Waals surface area (Å²) in [6, 6.07) is 10.9. The topological polar surface area (TPSA) is 34.1 Å². The fraction of sp³-hybridized carbons (Fsp3) is 0.357. The molecule has 1 aromatic heterocycles. The first kappa shape index (κ1) is 11.7. The molecule has 1 N–H and O–H groups in total. The molecule has 4 heteroatoms. The molecule has 1 aromatic carbocycles. The standard InChI is InChI=1S/C14H16N2OS/c1-2-4-11(5-3-1)10-17-13-8-12(9-13)16-14-15-6-7-18-14/h1-7,12-13H,8-10H2,(H,15,16). The van der Waals surface area contributed by atoms with Gasteiger partial charge in [0.1, 0.15) is 0 Å². The number of anilines is 1. The molecule has 1 saturated carbocycles. The average molecular weight is 260 g/mol. The molecule has 1 fully saturated rings. The first-order valence-electron chi connectivity index (χ1n) is 6.22. The van der Waals surface area contributed by atoms with Crippen LogP contribution in [0.5, 0.6) is 0 Å². The lowest BCUT2D eigenvalue weighted by Gasteiger charge is -2.35. The quantitative estimate of drug-likeness (QED) is 0.895. The van der Waals surface area contributed by atoms with E-state index in [-0.39, 0.29) is 0 Å². The number of nitrogens with one attached hydrogen (secondary N) is 1. The summed E-state index contributed by atoms with van der Waals surface area (Å²) >= 11 is 1.65. The Morgan fingerprint density at radius 3 is 2.83 bits per heavy atom. The Bertz CT molecular complexity index is 466. The van der Waals surface area contributed by atoms with E-state index in [9.17, 15) is 0 Å². The minimum absolute atomic E-state index is 0.391. The molecule has 0 amide bonds. The van der Waals surface area contributed by atoms with Gasteiger partial charge in [-0.25, -0.2) is 4.98 Å². The lowest BCUT2D eigenvalue weighted by Crippen LogP contribution is -2.40. The highest BCUT2D eigenvalue weighted by atomic mass is 32.1. The van der Waals surface area contributed by atoms with Crippen molar-refractivity contribution >= 4 is 16.5 Å². The molecular formula is C14H16N2OS. The van der Waals surface area contributed by atoms with Crippen molar-refractivity contribution in [2.24, 2.45) is 0 Å². The van der Waals surface area contributed by atoms with Crippen LogP contribution in [-0.2, 0) is 11.3 Å². The number of hydrogen-bond donors (Lipinski definition) is 1. The van der Waals surface area contributed by atoms with Gasteiger partial charge in [0.15, 0.2) is 5.13 Å². The van der Waals surface area contributed by atoms with Crippen LogP contribution in [0, 0.1) is 0 Å². The SMILES string of the molecule is c1ccc(COC2CC(Nc3nccs3)C2)cc1. The van der Waals surface area contributed by atoms with Crippen LogP contribution in [0.2, 0.25) is 0 Å². The van der Waals surface area contributed by atoms with Crippen LogP contribution in [0.25, 0.3) is 0 Å². The molecule has 0 spiro atoms. The monoisotopic (exact) mass is 260 g/mol. The highest BCUT2D eigenvalue weighted by Crippen LogP contribution is 2.28. The normalized spacial score (nSPS) is 22.4. The highest BCUT2D eigenvalue weighted by Gasteiger charge is 2.30. The van der Waals surface area contributed by atoms with Gasteiger partial charge in [0.2, 0.25) is 0 Å². The van der Waals surface area contributed by atoms with Crippen molar-refractivity contribution in [3.8, 4) is 0 Å². The third-order valence-electron chi connectivity index (χ3n) is 3.18. The van der Waals surface area contributed by atoms with Crippen molar-refractivity contribution in [2.45, 2.75) is 31.6 Å². The van der Waals surface area contributed by atoms with E-state index in [1.54, 1.807) is 11.3 Å². The fourth-order valence-corrected chi connectivity index (χ4v) is 2.68. The van der Waals surface area contributed by atoms with Gasteiger partial charge in [-0.2, -0.15) is 0 Å². The minimum Gasteiger partial charge on any atom is -0.373 e. The van der Waals surface area contributed by atoms with Gasteiger partial charge in [-0.05, 0) is 18.4 Å². The Kier molecular flexibility index (Phi) is 3.57. The van der Waals surface area contributed by atoms with Gasteiger partial charge in [-0.3, -0.25) is 0 Å². The van der Waals surface area contributed by atoms with Crippen LogP contribution in [0.4, 0.5) is 5.13 Å². The zero-order chi connectivity index (χ0) is 12.2. The number of rotatable bonds is 5. The molecule has 0 bridgehead atoms. The van der Waals surface area contributed by atoms with Crippen molar-refractivity contribution in [3.05, 3.63) is 47.5 Å². The molecule has 1 aliphatic rings. The van der Waals surface area contributed by atoms with Gasteiger partial charge in [0.05, 0.1) is 12.7 Å². The molecule has 3 nitrogen and oxygen atoms in total. The van der Waals surface area contributed by atoms with E-state index in [4.69, 9.17) is 4.74 Å². The van der Waals surface area contributed by atoms with Gasteiger partial charge >= 0.3 is 0 Å². The molecule has 0 aliphatic heterocycles. The summed E-state index contributed by atoms with van der Waals surface area (Å²) in [6.45, 7) is 0.718. The summed E-state index contributed by atoms with van der Waals surface area (Å²) in [5.74, 6) is 0. The first-order valence-corrected chi connectivity index (χ1v) is 7.09. The van der Waals surface area contributed by atoms with Gasteiger partial charge in [-0.1, -0.05) is 30.3 Å². The van der Waals surface area contributed by atoms with Crippen LogP contribution in [0.15, 0.2) is 41.9 Å². The molecule has 1 heterocycles. The molecule has 18 heavy (non-hydrogen) atoms. The summed E-state index contributed by atoms with van der Waals surface area (Å²) in [4.78, 5) is 4.22. The van der Waals surface area contributed by atoms with Crippen molar-refractivity contribution in [3.63, 3.8) is 0 Å². The van der Waals surface area contributed by atoms with Gasteiger partial charge in [-0.15, -0.1) is 11.3 Å². The molecule has 0 unspecified atom stereocenters. The number of ether oxygens (including phenoxy) is 1. The Labute approximate surface area is 111 Å². The van der Waals surface area contributed by atoms with Crippen molar-refractivity contribution in [1.29, 1.82) is 0 Å². The second-order valence-corrected chi connectivity index (χ2v) is 5.46. The number of nitrogens with zero attached hydrogens (tertiary/aromatic N) is 1. The lowest BCUT2D eigenvalue weighted by molar-refractivity contribution is -0.0150. The summed E-state index contributed by atoms with van der Waals surface area (Å²) in [6.07, 6.45) is 4.37. The average Bonchev–Trinajstić information content (AvgIpc) is 2.86. The predicted octanol–water partition coefficient (Wildman–Crippen LogP) is 3.30. The Balaban J connectivity index is 1.38. The molecule has 1 aliphatic carbocycles. The second kappa shape index (κ2) is 5.50. The molecular weight excluding hydrogens is 244 g/mol. The van der Waals surface area contributed by atoms with Crippen molar-refractivity contribution in [1.82, 2.24) is 4.98 Å². The molecule has 0 radical (unpaired) electrons. The molecule has 3 rings (SSSR count). The van der Waals surface area contributed by atoms with Crippen molar-refractivity contribution in [2.75, 3.05) is 5.32 Å². The van der Waals surface area contributed by atoms with Gasteiger partial charge in [0.25, 0.3) is 0 Å². The molecule has 0 atom stereocenters. The van der Waals surface area contributed by atoms with E-state index in [0.29, 0.717) is 12.1 Å². The van der Waals surface area contributed by atoms with Crippen LogP contribution in [0.1, 0.15) is 18.4 Å². The largest absolute Gasteiger partial charge is 0.373 e. The number of hydrogen-bond acceptors (Lipinski definition) is 4. The number of benzene rings is 1. The summed E-state index contributed by atoms with van der Waals surface area (Å²) in [5, 5.41) is 6.42. The molecule has 0 saturated heterocycles. The van der Waals surface area contributed by atoms with E-state index in [2.05, 4.69) is 22.4 Å². The fourth-order valence-electron chi connectivity index (χ4n) is 2.08. The maximum absolute atomic E-state index is 5.86.